The lowest BCUT2D eigenvalue weighted by molar-refractivity contribution is -0.274. The Bertz CT molecular complexity index is 589. The van der Waals surface area contributed by atoms with Gasteiger partial charge in [-0.2, -0.15) is 0 Å². The highest BCUT2D eigenvalue weighted by atomic mass is 19.4. The van der Waals surface area contributed by atoms with E-state index in [1.807, 2.05) is 0 Å². The molecule has 1 heterocycles. The number of hydrogen-bond donors (Lipinski definition) is 2. The van der Waals surface area contributed by atoms with Crippen LogP contribution in [0.3, 0.4) is 0 Å². The maximum absolute atomic E-state index is 12.2. The predicted molar refractivity (Wildman–Crippen MR) is 77.4 cm³/mol. The number of carbonyl (C=O) groups is 2. The number of hydrogen-bond acceptors (Lipinski definition) is 5. The number of nitrogens with one attached hydrogen (secondary N) is 2. The van der Waals surface area contributed by atoms with E-state index >= 15 is 0 Å². The molecule has 0 bridgehead atoms. The van der Waals surface area contributed by atoms with Crippen LogP contribution < -0.4 is 15.4 Å². The van der Waals surface area contributed by atoms with Crippen molar-refractivity contribution in [3.63, 3.8) is 0 Å². The van der Waals surface area contributed by atoms with Crippen LogP contribution in [0.2, 0.25) is 0 Å². The molecule has 2 unspecified atom stereocenters. The number of esters is 1. The summed E-state index contributed by atoms with van der Waals surface area (Å²) >= 11 is 0. The Labute approximate surface area is 136 Å². The normalized spacial score (nSPS) is 20.5. The molecule has 0 spiro atoms. The Kier molecular flexibility index (Phi) is 5.66. The number of benzene rings is 1. The average molecular weight is 346 g/mol. The van der Waals surface area contributed by atoms with Crippen LogP contribution in [-0.2, 0) is 9.53 Å². The maximum Gasteiger partial charge on any atom is 0.573 e. The lowest BCUT2D eigenvalue weighted by atomic mass is 10.0. The van der Waals surface area contributed by atoms with E-state index in [1.165, 1.54) is 12.1 Å². The van der Waals surface area contributed by atoms with Gasteiger partial charge in [0.15, 0.2) is 0 Å². The summed E-state index contributed by atoms with van der Waals surface area (Å²) in [5, 5.41) is 5.68. The molecule has 9 heteroatoms. The van der Waals surface area contributed by atoms with Gasteiger partial charge >= 0.3 is 12.3 Å². The minimum absolute atomic E-state index is 0.166. The van der Waals surface area contributed by atoms with Crippen molar-refractivity contribution in [3.05, 3.63) is 29.8 Å². The summed E-state index contributed by atoms with van der Waals surface area (Å²) in [6, 6.07) is 4.11. The van der Waals surface area contributed by atoms with E-state index in [4.69, 9.17) is 4.74 Å². The van der Waals surface area contributed by atoms with Crippen LogP contribution in [-0.4, -0.2) is 44.0 Å². The van der Waals surface area contributed by atoms with Crippen molar-refractivity contribution in [1.82, 2.24) is 10.6 Å². The molecule has 132 valence electrons. The van der Waals surface area contributed by atoms with E-state index in [-0.39, 0.29) is 12.2 Å². The Morgan fingerprint density at radius 3 is 2.50 bits per heavy atom. The summed E-state index contributed by atoms with van der Waals surface area (Å²) in [6.45, 7) is 2.74. The Morgan fingerprint density at radius 1 is 1.25 bits per heavy atom. The highest BCUT2D eigenvalue weighted by molar-refractivity contribution is 5.95. The molecule has 2 N–H and O–H groups in total. The summed E-state index contributed by atoms with van der Waals surface area (Å²) in [6.07, 6.45) is -4.79. The zero-order valence-corrected chi connectivity index (χ0v) is 12.9. The second-order valence-corrected chi connectivity index (χ2v) is 5.17. The molecule has 6 nitrogen and oxygen atoms in total. The van der Waals surface area contributed by atoms with Crippen LogP contribution >= 0.6 is 0 Å². The molecule has 1 saturated heterocycles. The number of amides is 1. The first kappa shape index (κ1) is 18.1. The van der Waals surface area contributed by atoms with Crippen molar-refractivity contribution in [1.29, 1.82) is 0 Å². The second kappa shape index (κ2) is 7.52. The first-order valence-electron chi connectivity index (χ1n) is 7.34. The summed E-state index contributed by atoms with van der Waals surface area (Å²) in [5.41, 5.74) is 0.166. The number of ether oxygens (including phenoxy) is 2. The molecule has 1 aliphatic heterocycles. The fourth-order valence-corrected chi connectivity index (χ4v) is 2.39. The molecule has 1 fully saturated rings. The Morgan fingerprint density at radius 2 is 1.92 bits per heavy atom. The van der Waals surface area contributed by atoms with Crippen LogP contribution in [0.25, 0.3) is 0 Å². The maximum atomic E-state index is 12.2. The molecule has 1 amide bonds. The summed E-state index contributed by atoms with van der Waals surface area (Å²) in [7, 11) is 0. The smallest absolute Gasteiger partial charge is 0.466 e. The summed E-state index contributed by atoms with van der Waals surface area (Å²) in [4.78, 5) is 24.0. The van der Waals surface area contributed by atoms with Gasteiger partial charge < -0.3 is 20.1 Å². The number of alkyl halides is 3. The van der Waals surface area contributed by atoms with Crippen LogP contribution in [0.1, 0.15) is 17.3 Å². The third-order valence-corrected chi connectivity index (χ3v) is 3.47. The molecular weight excluding hydrogens is 329 g/mol. The highest BCUT2D eigenvalue weighted by Crippen LogP contribution is 2.23. The van der Waals surface area contributed by atoms with Crippen LogP contribution in [0.15, 0.2) is 24.3 Å². The molecule has 0 radical (unpaired) electrons. The van der Waals surface area contributed by atoms with Crippen LogP contribution in [0.4, 0.5) is 13.2 Å². The van der Waals surface area contributed by atoms with E-state index < -0.39 is 35.9 Å². The van der Waals surface area contributed by atoms with Gasteiger partial charge in [0, 0.05) is 18.7 Å². The van der Waals surface area contributed by atoms with Gasteiger partial charge in [0.2, 0.25) is 0 Å². The Hall–Kier alpha value is -2.29. The summed E-state index contributed by atoms with van der Waals surface area (Å²) in [5.74, 6) is -1.80. The second-order valence-electron chi connectivity index (χ2n) is 5.17. The van der Waals surface area contributed by atoms with Crippen molar-refractivity contribution in [2.75, 3.05) is 19.7 Å². The number of halogens is 3. The van der Waals surface area contributed by atoms with Gasteiger partial charge in [-0.05, 0) is 31.2 Å². The molecule has 24 heavy (non-hydrogen) atoms. The van der Waals surface area contributed by atoms with E-state index in [9.17, 15) is 22.8 Å². The van der Waals surface area contributed by atoms with E-state index in [1.54, 1.807) is 6.92 Å². The van der Waals surface area contributed by atoms with Crippen molar-refractivity contribution in [2.45, 2.75) is 19.3 Å². The monoisotopic (exact) mass is 346 g/mol. The number of rotatable bonds is 5. The highest BCUT2D eigenvalue weighted by Gasteiger charge is 2.35. The summed E-state index contributed by atoms with van der Waals surface area (Å²) < 4.78 is 45.0. The molecule has 2 rings (SSSR count). The Balaban J connectivity index is 1.97. The standard InChI is InChI=1S/C15H17F3N2O4/c1-2-23-14(22)11-7-19-8-12(11)20-13(21)9-3-5-10(6-4-9)24-15(16,17)18/h3-6,11-12,19H,2,7-8H2,1H3,(H,20,21). The predicted octanol–water partition coefficient (Wildman–Crippen LogP) is 1.47. The molecule has 0 aromatic heterocycles. The van der Waals surface area contributed by atoms with Gasteiger partial charge in [-0.3, -0.25) is 9.59 Å². The van der Waals surface area contributed by atoms with E-state index in [2.05, 4.69) is 15.4 Å². The van der Waals surface area contributed by atoms with Crippen molar-refractivity contribution < 1.29 is 32.2 Å². The molecule has 1 aliphatic rings. The first-order valence-corrected chi connectivity index (χ1v) is 7.34. The average Bonchev–Trinajstić information content (AvgIpc) is 2.94. The van der Waals surface area contributed by atoms with Gasteiger partial charge in [0.05, 0.1) is 18.6 Å². The largest absolute Gasteiger partial charge is 0.573 e. The lowest BCUT2D eigenvalue weighted by Crippen LogP contribution is -2.43. The molecule has 0 saturated carbocycles. The van der Waals surface area contributed by atoms with Crippen molar-refractivity contribution >= 4 is 11.9 Å². The zero-order valence-electron chi connectivity index (χ0n) is 12.9. The van der Waals surface area contributed by atoms with Gasteiger partial charge in [-0.25, -0.2) is 0 Å². The van der Waals surface area contributed by atoms with E-state index in [0.717, 1.165) is 12.1 Å². The van der Waals surface area contributed by atoms with Gasteiger partial charge in [0.1, 0.15) is 5.75 Å². The molecule has 0 aliphatic carbocycles. The van der Waals surface area contributed by atoms with Gasteiger partial charge in [-0.1, -0.05) is 0 Å². The van der Waals surface area contributed by atoms with Gasteiger partial charge in [0.25, 0.3) is 5.91 Å². The topological polar surface area (TPSA) is 76.7 Å². The van der Waals surface area contributed by atoms with Crippen LogP contribution in [0.5, 0.6) is 5.75 Å². The quantitative estimate of drug-likeness (QED) is 0.790. The van der Waals surface area contributed by atoms with E-state index in [0.29, 0.717) is 13.1 Å². The fraction of sp³-hybridized carbons (Fsp3) is 0.467. The third-order valence-electron chi connectivity index (χ3n) is 3.47. The fourth-order valence-electron chi connectivity index (χ4n) is 2.39. The van der Waals surface area contributed by atoms with Crippen LogP contribution in [0, 0.1) is 5.92 Å². The third kappa shape index (κ3) is 4.85. The molecule has 2 atom stereocenters. The molecular formula is C15H17F3N2O4. The van der Waals surface area contributed by atoms with Crippen molar-refractivity contribution in [2.24, 2.45) is 5.92 Å². The van der Waals surface area contributed by atoms with Gasteiger partial charge in [-0.15, -0.1) is 13.2 Å². The molecule has 1 aromatic carbocycles. The SMILES string of the molecule is CCOC(=O)C1CNCC1NC(=O)c1ccc(OC(F)(F)F)cc1. The minimum atomic E-state index is -4.79. The number of carbonyl (C=O) groups excluding carboxylic acids is 2. The van der Waals surface area contributed by atoms with Crippen molar-refractivity contribution in [3.8, 4) is 5.75 Å². The molecule has 1 aromatic rings. The lowest BCUT2D eigenvalue weighted by Gasteiger charge is -2.18. The minimum Gasteiger partial charge on any atom is -0.466 e. The first-order chi connectivity index (χ1) is 11.3. The zero-order chi connectivity index (χ0) is 17.7.